The fourth-order valence-corrected chi connectivity index (χ4v) is 6.10. The first kappa shape index (κ1) is 24.3. The van der Waals surface area contributed by atoms with Gasteiger partial charge in [-0.25, -0.2) is 9.97 Å². The minimum atomic E-state index is -0.904. The number of rotatable bonds is 7. The van der Waals surface area contributed by atoms with Crippen molar-refractivity contribution in [2.24, 2.45) is 0 Å². The van der Waals surface area contributed by atoms with Crippen LogP contribution >= 0.6 is 11.3 Å². The lowest BCUT2D eigenvalue weighted by Crippen LogP contribution is -2.48. The molecule has 0 radical (unpaired) electrons. The fourth-order valence-electron chi connectivity index (χ4n) is 5.03. The molecule has 2 fully saturated rings. The number of aldehydes is 1. The second kappa shape index (κ2) is 10.8. The summed E-state index contributed by atoms with van der Waals surface area (Å²) in [6.45, 7) is 7.73. The van der Waals surface area contributed by atoms with E-state index in [1.54, 1.807) is 11.3 Å². The number of benzene rings is 1. The normalized spacial score (nSPS) is 18.5. The van der Waals surface area contributed by atoms with E-state index in [-0.39, 0.29) is 0 Å². The molecule has 0 aliphatic carbocycles. The van der Waals surface area contributed by atoms with Crippen LogP contribution in [0.5, 0.6) is 0 Å². The van der Waals surface area contributed by atoms with Gasteiger partial charge < -0.3 is 19.5 Å². The van der Waals surface area contributed by atoms with Gasteiger partial charge in [0, 0.05) is 74.4 Å². The predicted molar refractivity (Wildman–Crippen MR) is 145 cm³/mol. The van der Waals surface area contributed by atoms with Crippen molar-refractivity contribution in [2.75, 3.05) is 63.9 Å². The van der Waals surface area contributed by atoms with Gasteiger partial charge in [0.05, 0.1) is 24.1 Å². The number of carbonyl (C=O) groups is 1. The number of piperazine rings is 1. The Morgan fingerprint density at radius 2 is 1.81 bits per heavy atom. The average Bonchev–Trinajstić information content (AvgIpc) is 3.36. The maximum absolute atomic E-state index is 10.8. The molecule has 10 heteroatoms. The second-order valence-corrected chi connectivity index (χ2v) is 10.7. The first-order valence-corrected chi connectivity index (χ1v) is 13.5. The van der Waals surface area contributed by atoms with Gasteiger partial charge in [0.15, 0.2) is 5.82 Å². The summed E-state index contributed by atoms with van der Waals surface area (Å²) >= 11 is 1.73. The van der Waals surface area contributed by atoms with Gasteiger partial charge in [-0.15, -0.1) is 11.3 Å². The van der Waals surface area contributed by atoms with Crippen LogP contribution in [0.15, 0.2) is 42.6 Å². The van der Waals surface area contributed by atoms with E-state index in [0.29, 0.717) is 31.9 Å². The number of aromatic nitrogens is 3. The predicted octanol–water partition coefficient (Wildman–Crippen LogP) is 2.42. The van der Waals surface area contributed by atoms with Crippen molar-refractivity contribution < 1.29 is 14.6 Å². The number of carbonyl (C=O) groups excluding carboxylic acids is 1. The number of hydrogen-bond donors (Lipinski definition) is 1. The molecule has 37 heavy (non-hydrogen) atoms. The molecule has 0 unspecified atom stereocenters. The number of anilines is 1. The summed E-state index contributed by atoms with van der Waals surface area (Å²) in [5, 5.41) is 11.8. The highest BCUT2D eigenvalue weighted by Gasteiger charge is 2.23. The number of ether oxygens (including phenoxy) is 1. The fraction of sp³-hybridized carbons (Fsp3) is 0.407. The number of hydrogen-bond acceptors (Lipinski definition) is 10. The second-order valence-electron chi connectivity index (χ2n) is 9.60. The molecule has 2 aliphatic heterocycles. The maximum Gasteiger partial charge on any atom is 0.164 e. The summed E-state index contributed by atoms with van der Waals surface area (Å²) in [6, 6.07) is 12.5. The minimum absolute atomic E-state index is 0.408. The van der Waals surface area contributed by atoms with Crippen LogP contribution in [0.3, 0.4) is 0 Å². The van der Waals surface area contributed by atoms with Gasteiger partial charge in [0.25, 0.3) is 0 Å². The van der Waals surface area contributed by atoms with E-state index in [1.165, 1.54) is 4.88 Å². The molecule has 0 spiro atoms. The van der Waals surface area contributed by atoms with E-state index in [9.17, 15) is 9.90 Å². The SMILES string of the molecule is O=C[C@@H](O)CN1CCN(Cc2cc3c(N4CCOCC4)nc(-c4cnc5ccccc5c4)nc3s2)CC1. The zero-order chi connectivity index (χ0) is 25.2. The van der Waals surface area contributed by atoms with E-state index in [2.05, 4.69) is 37.9 Å². The highest BCUT2D eigenvalue weighted by molar-refractivity contribution is 7.18. The molecule has 0 bridgehead atoms. The van der Waals surface area contributed by atoms with Gasteiger partial charge in [-0.3, -0.25) is 14.8 Å². The number of β-amino-alcohol motifs (C(OH)–C–C–N with tert-alkyl or cyclic N) is 1. The third-order valence-corrected chi connectivity index (χ3v) is 8.04. The van der Waals surface area contributed by atoms with Crippen molar-refractivity contribution in [3.05, 3.63) is 47.5 Å². The topological polar surface area (TPSA) is 94.9 Å². The lowest BCUT2D eigenvalue weighted by atomic mass is 10.1. The summed E-state index contributed by atoms with van der Waals surface area (Å²) in [7, 11) is 0. The van der Waals surface area contributed by atoms with Crippen LogP contribution in [0.2, 0.25) is 0 Å². The van der Waals surface area contributed by atoms with Gasteiger partial charge in [0.1, 0.15) is 23.0 Å². The molecule has 6 rings (SSSR count). The van der Waals surface area contributed by atoms with Crippen LogP contribution < -0.4 is 4.90 Å². The Hall–Kier alpha value is -3.02. The van der Waals surface area contributed by atoms with Gasteiger partial charge in [-0.2, -0.15) is 0 Å². The van der Waals surface area contributed by atoms with Crippen LogP contribution in [-0.2, 0) is 16.1 Å². The Kier molecular flexibility index (Phi) is 7.08. The lowest BCUT2D eigenvalue weighted by Gasteiger charge is -2.34. The zero-order valence-electron chi connectivity index (χ0n) is 20.6. The lowest BCUT2D eigenvalue weighted by molar-refractivity contribution is -0.115. The van der Waals surface area contributed by atoms with Crippen molar-refractivity contribution in [1.29, 1.82) is 0 Å². The number of aliphatic hydroxyl groups is 1. The van der Waals surface area contributed by atoms with Crippen LogP contribution in [0, 0.1) is 0 Å². The third-order valence-electron chi connectivity index (χ3n) is 7.03. The molecule has 4 aromatic rings. The molecule has 192 valence electrons. The summed E-state index contributed by atoms with van der Waals surface area (Å²) in [5.74, 6) is 1.66. The van der Waals surface area contributed by atoms with Crippen molar-refractivity contribution in [2.45, 2.75) is 12.6 Å². The first-order valence-electron chi connectivity index (χ1n) is 12.7. The Morgan fingerprint density at radius 3 is 2.62 bits per heavy atom. The average molecular weight is 519 g/mol. The highest BCUT2D eigenvalue weighted by atomic mass is 32.1. The monoisotopic (exact) mass is 518 g/mol. The molecule has 5 heterocycles. The van der Waals surface area contributed by atoms with Crippen LogP contribution in [0.4, 0.5) is 5.82 Å². The van der Waals surface area contributed by atoms with Crippen molar-refractivity contribution in [3.63, 3.8) is 0 Å². The van der Waals surface area contributed by atoms with Gasteiger partial charge in [-0.05, 0) is 18.2 Å². The summed E-state index contributed by atoms with van der Waals surface area (Å²) < 4.78 is 5.60. The van der Waals surface area contributed by atoms with E-state index >= 15 is 0 Å². The number of para-hydroxylation sites is 1. The summed E-state index contributed by atoms with van der Waals surface area (Å²) in [6.07, 6.45) is 1.57. The number of pyridine rings is 1. The van der Waals surface area contributed by atoms with E-state index in [1.807, 2.05) is 24.4 Å². The maximum atomic E-state index is 10.8. The number of morpholine rings is 1. The standard InChI is InChI=1S/C27H30N6O3S/c34-18-21(35)16-31-5-7-32(8-6-31)17-22-14-23-26(33-9-11-36-12-10-33)29-25(30-27(23)37-22)20-13-19-3-1-2-4-24(19)28-15-20/h1-4,13-15,18,21,35H,5-12,16-17H2/t21-/m0/s1. The Balaban J connectivity index is 1.29. The van der Waals surface area contributed by atoms with Gasteiger partial charge in [-0.1, -0.05) is 18.2 Å². The number of nitrogens with zero attached hydrogens (tertiary/aromatic N) is 6. The van der Waals surface area contributed by atoms with Crippen LogP contribution in [0.25, 0.3) is 32.5 Å². The van der Waals surface area contributed by atoms with Crippen LogP contribution in [-0.4, -0.2) is 101 Å². The first-order chi connectivity index (χ1) is 18.2. The zero-order valence-corrected chi connectivity index (χ0v) is 21.4. The molecule has 2 saturated heterocycles. The summed E-state index contributed by atoms with van der Waals surface area (Å²) in [4.78, 5) is 34.6. The van der Waals surface area contributed by atoms with E-state index in [0.717, 1.165) is 78.3 Å². The molecule has 0 saturated carbocycles. The quantitative estimate of drug-likeness (QED) is 0.370. The molecule has 2 aliphatic rings. The molecule has 9 nitrogen and oxygen atoms in total. The largest absolute Gasteiger partial charge is 0.384 e. The van der Waals surface area contributed by atoms with E-state index < -0.39 is 6.10 Å². The molecular weight excluding hydrogens is 488 g/mol. The third kappa shape index (κ3) is 5.34. The molecule has 1 N–H and O–H groups in total. The van der Waals surface area contributed by atoms with Gasteiger partial charge in [0.2, 0.25) is 0 Å². The van der Waals surface area contributed by atoms with Crippen molar-refractivity contribution >= 4 is 44.6 Å². The Morgan fingerprint density at radius 1 is 1.03 bits per heavy atom. The Bertz CT molecular complexity index is 1400. The number of aliphatic hydroxyl groups excluding tert-OH is 1. The highest BCUT2D eigenvalue weighted by Crippen LogP contribution is 2.34. The molecule has 0 amide bonds. The van der Waals surface area contributed by atoms with E-state index in [4.69, 9.17) is 14.7 Å². The number of fused-ring (bicyclic) bond motifs is 2. The smallest absolute Gasteiger partial charge is 0.164 e. The molecule has 1 aromatic carbocycles. The minimum Gasteiger partial charge on any atom is -0.384 e. The summed E-state index contributed by atoms with van der Waals surface area (Å²) in [5.41, 5.74) is 1.87. The Labute approximate surface area is 219 Å². The van der Waals surface area contributed by atoms with Crippen molar-refractivity contribution in [3.8, 4) is 11.4 Å². The molecular formula is C27H30N6O3S. The number of thiophene rings is 1. The van der Waals surface area contributed by atoms with Crippen LogP contribution in [0.1, 0.15) is 4.88 Å². The molecule has 1 atom stereocenters. The van der Waals surface area contributed by atoms with Crippen molar-refractivity contribution in [1.82, 2.24) is 24.8 Å². The molecule has 3 aromatic heterocycles. The van der Waals surface area contributed by atoms with Gasteiger partial charge >= 0.3 is 0 Å².